The Morgan fingerprint density at radius 3 is 2.66 bits per heavy atom. The fourth-order valence-electron chi connectivity index (χ4n) is 3.22. The van der Waals surface area contributed by atoms with Crippen LogP contribution >= 0.6 is 34.2 Å². The molecule has 6 nitrogen and oxygen atoms in total. The summed E-state index contributed by atoms with van der Waals surface area (Å²) >= 11 is 8.36. The maximum atomic E-state index is 13.1. The SMILES string of the molecule is CCOc1ccc(S(=O)(=O)N2CCC[C@H](C(=O)Nc3ccc(I)cc3)C2)cc1Cl. The smallest absolute Gasteiger partial charge is 0.243 e. The summed E-state index contributed by atoms with van der Waals surface area (Å²) in [5.41, 5.74) is 0.702. The summed E-state index contributed by atoms with van der Waals surface area (Å²) in [6.07, 6.45) is 1.26. The summed E-state index contributed by atoms with van der Waals surface area (Å²) in [4.78, 5) is 12.8. The molecule has 29 heavy (non-hydrogen) atoms. The highest BCUT2D eigenvalue weighted by molar-refractivity contribution is 14.1. The van der Waals surface area contributed by atoms with Crippen molar-refractivity contribution in [2.75, 3.05) is 25.0 Å². The van der Waals surface area contributed by atoms with Gasteiger partial charge >= 0.3 is 0 Å². The van der Waals surface area contributed by atoms with Crippen molar-refractivity contribution < 1.29 is 17.9 Å². The van der Waals surface area contributed by atoms with Crippen molar-refractivity contribution in [3.8, 4) is 5.75 Å². The molecule has 2 aromatic rings. The van der Waals surface area contributed by atoms with E-state index in [1.807, 2.05) is 31.2 Å². The first kappa shape index (κ1) is 22.3. The first-order valence-electron chi connectivity index (χ1n) is 9.30. The molecule has 156 valence electrons. The van der Waals surface area contributed by atoms with E-state index in [9.17, 15) is 13.2 Å². The van der Waals surface area contributed by atoms with Crippen LogP contribution in [0.15, 0.2) is 47.4 Å². The van der Waals surface area contributed by atoms with Gasteiger partial charge in [0.15, 0.2) is 0 Å². The fraction of sp³-hybridized carbons (Fsp3) is 0.350. The minimum absolute atomic E-state index is 0.102. The fourth-order valence-corrected chi connectivity index (χ4v) is 5.43. The van der Waals surface area contributed by atoms with E-state index in [4.69, 9.17) is 16.3 Å². The molecule has 1 atom stereocenters. The van der Waals surface area contributed by atoms with Crippen molar-refractivity contribution >= 4 is 55.8 Å². The number of anilines is 1. The summed E-state index contributed by atoms with van der Waals surface area (Å²) in [6.45, 7) is 2.79. The van der Waals surface area contributed by atoms with Crippen molar-refractivity contribution in [1.29, 1.82) is 0 Å². The van der Waals surface area contributed by atoms with Gasteiger partial charge in [-0.25, -0.2) is 8.42 Å². The second-order valence-electron chi connectivity index (χ2n) is 6.72. The van der Waals surface area contributed by atoms with Gasteiger partial charge in [-0.15, -0.1) is 0 Å². The molecular weight excluding hydrogens is 527 g/mol. The molecule has 1 heterocycles. The third-order valence-electron chi connectivity index (χ3n) is 4.71. The third-order valence-corrected chi connectivity index (χ3v) is 7.58. The molecule has 1 amide bonds. The zero-order chi connectivity index (χ0) is 21.0. The van der Waals surface area contributed by atoms with Crippen LogP contribution in [0.1, 0.15) is 19.8 Å². The lowest BCUT2D eigenvalue weighted by Crippen LogP contribution is -2.43. The highest BCUT2D eigenvalue weighted by atomic mass is 127. The van der Waals surface area contributed by atoms with Crippen molar-refractivity contribution in [2.45, 2.75) is 24.7 Å². The van der Waals surface area contributed by atoms with Crippen LogP contribution in [0.5, 0.6) is 5.75 Å². The van der Waals surface area contributed by atoms with Crippen LogP contribution in [0, 0.1) is 9.49 Å². The summed E-state index contributed by atoms with van der Waals surface area (Å²) < 4.78 is 33.9. The van der Waals surface area contributed by atoms with Gasteiger partial charge in [0.1, 0.15) is 5.75 Å². The number of carbonyl (C=O) groups excluding carboxylic acids is 1. The Balaban J connectivity index is 1.72. The Morgan fingerprint density at radius 1 is 1.28 bits per heavy atom. The maximum absolute atomic E-state index is 13.1. The molecule has 0 bridgehead atoms. The molecule has 1 saturated heterocycles. The Labute approximate surface area is 189 Å². The number of piperidine rings is 1. The van der Waals surface area contributed by atoms with Crippen LogP contribution in [-0.4, -0.2) is 38.3 Å². The van der Waals surface area contributed by atoms with Gasteiger partial charge in [0.2, 0.25) is 15.9 Å². The van der Waals surface area contributed by atoms with Crippen LogP contribution in [0.25, 0.3) is 0 Å². The minimum Gasteiger partial charge on any atom is -0.492 e. The van der Waals surface area contributed by atoms with Crippen LogP contribution in [0.3, 0.4) is 0 Å². The number of nitrogens with one attached hydrogen (secondary N) is 1. The number of halogens is 2. The molecule has 0 aliphatic carbocycles. The van der Waals surface area contributed by atoms with E-state index >= 15 is 0 Å². The first-order valence-corrected chi connectivity index (χ1v) is 12.2. The lowest BCUT2D eigenvalue weighted by Gasteiger charge is -2.31. The van der Waals surface area contributed by atoms with Crippen molar-refractivity contribution in [3.63, 3.8) is 0 Å². The molecule has 0 radical (unpaired) electrons. The zero-order valence-electron chi connectivity index (χ0n) is 15.9. The normalized spacial score (nSPS) is 17.7. The van der Waals surface area contributed by atoms with Gasteiger partial charge < -0.3 is 10.1 Å². The standard InChI is InChI=1S/C20H22ClIN2O4S/c1-2-28-19-10-9-17(12-18(19)21)29(26,27)24-11-3-4-14(13-24)20(25)23-16-7-5-15(22)6-8-16/h5-10,12,14H,2-4,11,13H2,1H3,(H,23,25)/t14-/m0/s1. The van der Waals surface area contributed by atoms with Gasteiger partial charge in [-0.3, -0.25) is 4.79 Å². The molecule has 0 unspecified atom stereocenters. The average molecular weight is 549 g/mol. The summed E-state index contributed by atoms with van der Waals surface area (Å²) in [7, 11) is -3.75. The largest absolute Gasteiger partial charge is 0.492 e. The number of hydrogen-bond acceptors (Lipinski definition) is 4. The average Bonchev–Trinajstić information content (AvgIpc) is 2.71. The van der Waals surface area contributed by atoms with Gasteiger partial charge in [0, 0.05) is 22.3 Å². The molecule has 0 spiro atoms. The molecule has 1 fully saturated rings. The summed E-state index contributed by atoms with van der Waals surface area (Å²) in [5, 5.41) is 3.13. The first-order chi connectivity index (χ1) is 13.8. The third kappa shape index (κ3) is 5.42. The maximum Gasteiger partial charge on any atom is 0.243 e. The Morgan fingerprint density at radius 2 is 2.00 bits per heavy atom. The highest BCUT2D eigenvalue weighted by Crippen LogP contribution is 2.30. The van der Waals surface area contributed by atoms with Crippen molar-refractivity contribution in [3.05, 3.63) is 51.1 Å². The van der Waals surface area contributed by atoms with Gasteiger partial charge in [0.25, 0.3) is 0 Å². The number of carbonyl (C=O) groups is 1. The van der Waals surface area contributed by atoms with Crippen LogP contribution < -0.4 is 10.1 Å². The number of amides is 1. The summed E-state index contributed by atoms with van der Waals surface area (Å²) in [6, 6.07) is 11.9. The van der Waals surface area contributed by atoms with Gasteiger partial charge in [-0.05, 0) is 84.8 Å². The quantitative estimate of drug-likeness (QED) is 0.544. The van der Waals surface area contributed by atoms with E-state index in [1.54, 1.807) is 6.07 Å². The van der Waals surface area contributed by atoms with E-state index in [0.29, 0.717) is 37.4 Å². The molecule has 1 aliphatic heterocycles. The van der Waals surface area contributed by atoms with Crippen molar-refractivity contribution in [2.24, 2.45) is 5.92 Å². The second-order valence-corrected chi connectivity index (χ2v) is 10.3. The molecule has 2 aromatic carbocycles. The van der Waals surface area contributed by atoms with Gasteiger partial charge in [-0.2, -0.15) is 4.31 Å². The molecular formula is C20H22ClIN2O4S. The van der Waals surface area contributed by atoms with E-state index < -0.39 is 15.9 Å². The van der Waals surface area contributed by atoms with Gasteiger partial charge in [0.05, 0.1) is 22.4 Å². The van der Waals surface area contributed by atoms with Crippen molar-refractivity contribution in [1.82, 2.24) is 4.31 Å². The molecule has 0 saturated carbocycles. The number of benzene rings is 2. The zero-order valence-corrected chi connectivity index (χ0v) is 19.6. The van der Waals surface area contributed by atoms with Gasteiger partial charge in [-0.1, -0.05) is 11.6 Å². The number of hydrogen-bond donors (Lipinski definition) is 1. The number of sulfonamides is 1. The predicted molar refractivity (Wildman–Crippen MR) is 122 cm³/mol. The second kappa shape index (κ2) is 9.63. The van der Waals surface area contributed by atoms with Crippen LogP contribution in [0.2, 0.25) is 5.02 Å². The van der Waals surface area contributed by atoms with E-state index in [-0.39, 0.29) is 22.4 Å². The number of rotatable bonds is 6. The Bertz CT molecular complexity index is 982. The predicted octanol–water partition coefficient (Wildman–Crippen LogP) is 4.38. The topological polar surface area (TPSA) is 75.7 Å². The Kier molecular flexibility index (Phi) is 7.42. The van der Waals surface area contributed by atoms with Crippen LogP contribution in [-0.2, 0) is 14.8 Å². The monoisotopic (exact) mass is 548 g/mol. The van der Waals surface area contributed by atoms with E-state index in [2.05, 4.69) is 27.9 Å². The summed E-state index contributed by atoms with van der Waals surface area (Å²) in [5.74, 6) is -0.131. The number of ether oxygens (including phenoxy) is 1. The molecule has 9 heteroatoms. The molecule has 3 rings (SSSR count). The Hall–Kier alpha value is -1.36. The van der Waals surface area contributed by atoms with Crippen LogP contribution in [0.4, 0.5) is 5.69 Å². The number of nitrogens with zero attached hydrogens (tertiary/aromatic N) is 1. The molecule has 1 aliphatic rings. The lowest BCUT2D eigenvalue weighted by atomic mass is 9.99. The van der Waals surface area contributed by atoms with E-state index in [1.165, 1.54) is 16.4 Å². The lowest BCUT2D eigenvalue weighted by molar-refractivity contribution is -0.120. The molecule has 0 aromatic heterocycles. The van der Waals surface area contributed by atoms with E-state index in [0.717, 1.165) is 3.57 Å². The highest BCUT2D eigenvalue weighted by Gasteiger charge is 2.33. The molecule has 1 N–H and O–H groups in total. The minimum atomic E-state index is -3.75.